The Hall–Kier alpha value is -1.43. The van der Waals surface area contributed by atoms with Crippen LogP contribution in [0, 0.1) is 0 Å². The number of fused-ring (bicyclic) bond motifs is 1. The molecular weight excluding hydrogens is 336 g/mol. The van der Waals surface area contributed by atoms with Crippen LogP contribution in [0.3, 0.4) is 0 Å². The van der Waals surface area contributed by atoms with Crippen LogP contribution in [0.4, 0.5) is 5.69 Å². The van der Waals surface area contributed by atoms with Gasteiger partial charge in [-0.25, -0.2) is 0 Å². The third-order valence-corrected chi connectivity index (χ3v) is 4.31. The number of benzene rings is 1. The maximum atomic E-state index is 10.1. The van der Waals surface area contributed by atoms with Gasteiger partial charge >= 0.3 is 0 Å². The molecule has 1 unspecified atom stereocenters. The van der Waals surface area contributed by atoms with E-state index in [1.807, 2.05) is 41.1 Å². The molecule has 0 aliphatic carbocycles. The fourth-order valence-corrected chi connectivity index (χ4v) is 3.12. The highest BCUT2D eigenvalue weighted by atomic mass is 79.9. The van der Waals surface area contributed by atoms with Crippen molar-refractivity contribution in [2.75, 3.05) is 11.9 Å². The summed E-state index contributed by atoms with van der Waals surface area (Å²) < 4.78 is 1.01. The van der Waals surface area contributed by atoms with Gasteiger partial charge in [-0.2, -0.15) is 11.3 Å². The number of thiophene rings is 1. The number of nitrogens with zero attached hydrogens (tertiary/aromatic N) is 1. The van der Waals surface area contributed by atoms with Crippen LogP contribution >= 0.6 is 27.3 Å². The minimum Gasteiger partial charge on any atom is -0.387 e. The average Bonchev–Trinajstić information content (AvgIpc) is 2.98. The summed E-state index contributed by atoms with van der Waals surface area (Å²) in [7, 11) is 0. The lowest BCUT2D eigenvalue weighted by atomic mass is 10.1. The fourth-order valence-electron chi connectivity index (χ4n) is 2.06. The molecule has 0 aliphatic rings. The summed E-state index contributed by atoms with van der Waals surface area (Å²) in [6.45, 7) is 0.478. The highest BCUT2D eigenvalue weighted by Gasteiger charge is 2.09. The molecule has 1 aromatic carbocycles. The van der Waals surface area contributed by atoms with Gasteiger partial charge in [-0.3, -0.25) is 4.98 Å². The molecule has 2 N–H and O–H groups in total. The van der Waals surface area contributed by atoms with Crippen LogP contribution in [0.25, 0.3) is 10.9 Å². The van der Waals surface area contributed by atoms with E-state index in [0.29, 0.717) is 6.54 Å². The van der Waals surface area contributed by atoms with E-state index in [4.69, 9.17) is 0 Å². The Labute approximate surface area is 129 Å². The van der Waals surface area contributed by atoms with E-state index in [0.717, 1.165) is 26.6 Å². The molecule has 0 amide bonds. The van der Waals surface area contributed by atoms with Crippen molar-refractivity contribution in [1.29, 1.82) is 0 Å². The van der Waals surface area contributed by atoms with Gasteiger partial charge in [0, 0.05) is 28.3 Å². The van der Waals surface area contributed by atoms with Crippen molar-refractivity contribution in [3.63, 3.8) is 0 Å². The number of aromatic nitrogens is 1. The molecule has 3 rings (SSSR count). The zero-order valence-corrected chi connectivity index (χ0v) is 13.0. The number of nitrogens with one attached hydrogen (secondary N) is 1. The van der Waals surface area contributed by atoms with Crippen LogP contribution in [0.2, 0.25) is 0 Å². The van der Waals surface area contributed by atoms with Crippen LogP contribution in [0.5, 0.6) is 0 Å². The van der Waals surface area contributed by atoms with E-state index < -0.39 is 6.10 Å². The Morgan fingerprint density at radius 1 is 1.30 bits per heavy atom. The summed E-state index contributed by atoms with van der Waals surface area (Å²) in [4.78, 5) is 4.35. The zero-order valence-electron chi connectivity index (χ0n) is 10.6. The SMILES string of the molecule is OC(CNc1ccnc2cc(Br)ccc12)c1ccsc1. The number of halogens is 1. The maximum Gasteiger partial charge on any atom is 0.0970 e. The van der Waals surface area contributed by atoms with Gasteiger partial charge in [0.15, 0.2) is 0 Å². The molecular formula is C15H13BrN2OS. The summed E-state index contributed by atoms with van der Waals surface area (Å²) in [5, 5.41) is 18.4. The van der Waals surface area contributed by atoms with Gasteiger partial charge in [0.1, 0.15) is 0 Å². The Balaban J connectivity index is 1.81. The van der Waals surface area contributed by atoms with E-state index in [9.17, 15) is 5.11 Å². The van der Waals surface area contributed by atoms with Gasteiger partial charge in [0.25, 0.3) is 0 Å². The molecule has 2 aromatic heterocycles. The Bertz CT molecular complexity index is 715. The summed E-state index contributed by atoms with van der Waals surface area (Å²) in [5.41, 5.74) is 2.86. The van der Waals surface area contributed by atoms with Crippen LogP contribution in [0.15, 0.2) is 51.8 Å². The first-order valence-electron chi connectivity index (χ1n) is 6.22. The molecule has 0 spiro atoms. The van der Waals surface area contributed by atoms with Gasteiger partial charge < -0.3 is 10.4 Å². The number of pyridine rings is 1. The Kier molecular flexibility index (Phi) is 4.00. The number of aliphatic hydroxyl groups excluding tert-OH is 1. The fraction of sp³-hybridized carbons (Fsp3) is 0.133. The van der Waals surface area contributed by atoms with Crippen LogP contribution in [0.1, 0.15) is 11.7 Å². The third-order valence-electron chi connectivity index (χ3n) is 3.12. The third kappa shape index (κ3) is 2.85. The highest BCUT2D eigenvalue weighted by molar-refractivity contribution is 9.10. The van der Waals surface area contributed by atoms with E-state index in [1.54, 1.807) is 17.5 Å². The Morgan fingerprint density at radius 2 is 2.20 bits per heavy atom. The molecule has 102 valence electrons. The summed E-state index contributed by atoms with van der Waals surface area (Å²) in [5.74, 6) is 0. The monoisotopic (exact) mass is 348 g/mol. The number of hydrogen-bond acceptors (Lipinski definition) is 4. The van der Waals surface area contributed by atoms with Crippen molar-refractivity contribution in [1.82, 2.24) is 4.98 Å². The van der Waals surface area contributed by atoms with Crippen molar-refractivity contribution in [2.45, 2.75) is 6.10 Å². The molecule has 2 heterocycles. The number of hydrogen-bond donors (Lipinski definition) is 2. The van der Waals surface area contributed by atoms with E-state index >= 15 is 0 Å². The quantitative estimate of drug-likeness (QED) is 0.742. The van der Waals surface area contributed by atoms with Crippen molar-refractivity contribution in [3.05, 3.63) is 57.3 Å². The molecule has 0 radical (unpaired) electrons. The summed E-state index contributed by atoms with van der Waals surface area (Å²) in [6, 6.07) is 9.86. The first-order chi connectivity index (χ1) is 9.74. The van der Waals surface area contributed by atoms with Gasteiger partial charge in [-0.15, -0.1) is 0 Å². The molecule has 3 nitrogen and oxygen atoms in total. The lowest BCUT2D eigenvalue weighted by molar-refractivity contribution is 0.192. The average molecular weight is 349 g/mol. The smallest absolute Gasteiger partial charge is 0.0970 e. The van der Waals surface area contributed by atoms with Crippen LogP contribution in [-0.4, -0.2) is 16.6 Å². The predicted octanol–water partition coefficient (Wildman–Crippen LogP) is 4.20. The summed E-state index contributed by atoms with van der Waals surface area (Å²) >= 11 is 5.04. The van der Waals surface area contributed by atoms with Crippen molar-refractivity contribution < 1.29 is 5.11 Å². The Morgan fingerprint density at radius 3 is 3.00 bits per heavy atom. The molecule has 3 aromatic rings. The second-order valence-electron chi connectivity index (χ2n) is 4.47. The first-order valence-corrected chi connectivity index (χ1v) is 7.96. The minimum absolute atomic E-state index is 0.478. The zero-order chi connectivity index (χ0) is 13.9. The van der Waals surface area contributed by atoms with Crippen molar-refractivity contribution >= 4 is 43.9 Å². The number of anilines is 1. The normalized spacial score (nSPS) is 12.5. The standard InChI is InChI=1S/C15H13BrN2OS/c16-11-1-2-12-13(3-5-17-14(12)7-11)18-8-15(19)10-4-6-20-9-10/h1-7,9,15,19H,8H2,(H,17,18). The molecule has 0 bridgehead atoms. The van der Waals surface area contributed by atoms with Gasteiger partial charge in [0.2, 0.25) is 0 Å². The van der Waals surface area contributed by atoms with E-state index in [2.05, 4.69) is 26.2 Å². The van der Waals surface area contributed by atoms with Crippen molar-refractivity contribution in [3.8, 4) is 0 Å². The molecule has 20 heavy (non-hydrogen) atoms. The van der Waals surface area contributed by atoms with Gasteiger partial charge in [-0.1, -0.05) is 15.9 Å². The van der Waals surface area contributed by atoms with E-state index in [1.165, 1.54) is 0 Å². The topological polar surface area (TPSA) is 45.1 Å². The molecule has 1 atom stereocenters. The lowest BCUT2D eigenvalue weighted by Crippen LogP contribution is -2.11. The lowest BCUT2D eigenvalue weighted by Gasteiger charge is -2.13. The second kappa shape index (κ2) is 5.91. The van der Waals surface area contributed by atoms with E-state index in [-0.39, 0.29) is 0 Å². The molecule has 5 heteroatoms. The van der Waals surface area contributed by atoms with Crippen LogP contribution in [-0.2, 0) is 0 Å². The molecule has 0 fully saturated rings. The first kappa shape index (κ1) is 13.5. The van der Waals surface area contributed by atoms with Crippen LogP contribution < -0.4 is 5.32 Å². The minimum atomic E-state index is -0.500. The highest BCUT2D eigenvalue weighted by Crippen LogP contribution is 2.25. The van der Waals surface area contributed by atoms with Gasteiger partial charge in [-0.05, 0) is 46.7 Å². The second-order valence-corrected chi connectivity index (χ2v) is 6.17. The number of aliphatic hydroxyl groups is 1. The summed E-state index contributed by atoms with van der Waals surface area (Å²) in [6.07, 6.45) is 1.27. The molecule has 0 saturated carbocycles. The molecule has 0 aliphatic heterocycles. The van der Waals surface area contributed by atoms with Crippen molar-refractivity contribution in [2.24, 2.45) is 0 Å². The molecule has 0 saturated heterocycles. The largest absolute Gasteiger partial charge is 0.387 e. The van der Waals surface area contributed by atoms with Gasteiger partial charge in [0.05, 0.1) is 11.6 Å². The number of rotatable bonds is 4. The predicted molar refractivity (Wildman–Crippen MR) is 87.2 cm³/mol. The maximum absolute atomic E-state index is 10.1.